The largest absolute Gasteiger partial charge is 0.354 e. The first-order valence-corrected chi connectivity index (χ1v) is 6.10. The molecule has 1 saturated heterocycles. The topological polar surface area (TPSA) is 58.3 Å². The summed E-state index contributed by atoms with van der Waals surface area (Å²) >= 11 is 0. The molecule has 5 nitrogen and oxygen atoms in total. The normalized spacial score (nSPS) is 24.8. The average Bonchev–Trinajstić information content (AvgIpc) is 2.29. The summed E-state index contributed by atoms with van der Waals surface area (Å²) in [5.74, 6) is 1.76. The number of anilines is 2. The van der Waals surface area contributed by atoms with E-state index < -0.39 is 0 Å². The van der Waals surface area contributed by atoms with Crippen molar-refractivity contribution in [3.8, 4) is 0 Å². The minimum absolute atomic E-state index is 0.330. The van der Waals surface area contributed by atoms with Crippen molar-refractivity contribution in [2.45, 2.75) is 31.8 Å². The molecule has 94 valence electrons. The van der Waals surface area contributed by atoms with Crippen molar-refractivity contribution in [3.05, 3.63) is 12.3 Å². The maximum atomic E-state index is 5.98. The zero-order valence-corrected chi connectivity index (χ0v) is 10.8. The van der Waals surface area contributed by atoms with E-state index in [-0.39, 0.29) is 0 Å². The van der Waals surface area contributed by atoms with Gasteiger partial charge in [0.25, 0.3) is 0 Å². The van der Waals surface area contributed by atoms with Crippen LogP contribution in [0.15, 0.2) is 12.3 Å². The lowest BCUT2D eigenvalue weighted by atomic mass is 9.99. The number of hydrogen-bond acceptors (Lipinski definition) is 5. The number of hydrogen-bond donors (Lipinski definition) is 1. The molecule has 17 heavy (non-hydrogen) atoms. The standard InChI is InChI=1S/C12H21N5/c1-9-8-10(13)5-7-17(9)11-4-6-14-12(15-11)16(2)3/h4,6,9-10H,5,7-8,13H2,1-3H3. The van der Waals surface area contributed by atoms with E-state index in [9.17, 15) is 0 Å². The summed E-state index contributed by atoms with van der Waals surface area (Å²) in [7, 11) is 3.91. The molecule has 2 unspecified atom stereocenters. The third kappa shape index (κ3) is 2.66. The summed E-state index contributed by atoms with van der Waals surface area (Å²) in [5, 5.41) is 0. The molecule has 1 aliphatic heterocycles. The highest BCUT2D eigenvalue weighted by atomic mass is 15.3. The van der Waals surface area contributed by atoms with Crippen molar-refractivity contribution in [2.75, 3.05) is 30.4 Å². The van der Waals surface area contributed by atoms with E-state index in [4.69, 9.17) is 5.73 Å². The molecule has 1 aromatic rings. The van der Waals surface area contributed by atoms with E-state index in [2.05, 4.69) is 21.8 Å². The van der Waals surface area contributed by atoms with Gasteiger partial charge >= 0.3 is 0 Å². The Morgan fingerprint density at radius 3 is 2.88 bits per heavy atom. The van der Waals surface area contributed by atoms with E-state index >= 15 is 0 Å². The fourth-order valence-corrected chi connectivity index (χ4v) is 2.26. The highest BCUT2D eigenvalue weighted by molar-refractivity contribution is 5.44. The molecule has 1 fully saturated rings. The van der Waals surface area contributed by atoms with Gasteiger partial charge in [0.1, 0.15) is 5.82 Å². The zero-order valence-electron chi connectivity index (χ0n) is 10.8. The second kappa shape index (κ2) is 4.87. The van der Waals surface area contributed by atoms with Gasteiger partial charge in [0.15, 0.2) is 0 Å². The lowest BCUT2D eigenvalue weighted by Gasteiger charge is -2.37. The van der Waals surface area contributed by atoms with Crippen LogP contribution in [0.2, 0.25) is 0 Å². The molecule has 0 spiro atoms. The Labute approximate surface area is 103 Å². The molecule has 2 N–H and O–H groups in total. The van der Waals surface area contributed by atoms with Crippen LogP contribution in [0.3, 0.4) is 0 Å². The fourth-order valence-electron chi connectivity index (χ4n) is 2.26. The van der Waals surface area contributed by atoms with E-state index in [1.54, 1.807) is 0 Å². The van der Waals surface area contributed by atoms with Crippen LogP contribution in [0.1, 0.15) is 19.8 Å². The Balaban J connectivity index is 2.19. The Morgan fingerprint density at radius 2 is 2.24 bits per heavy atom. The third-order valence-electron chi connectivity index (χ3n) is 3.24. The van der Waals surface area contributed by atoms with E-state index in [0.717, 1.165) is 31.2 Å². The molecule has 0 aromatic carbocycles. The number of rotatable bonds is 2. The van der Waals surface area contributed by atoms with E-state index in [1.807, 2.05) is 31.3 Å². The fraction of sp³-hybridized carbons (Fsp3) is 0.667. The number of aromatic nitrogens is 2. The lowest BCUT2D eigenvalue weighted by molar-refractivity contribution is 0.427. The molecule has 1 aliphatic rings. The Kier molecular flexibility index (Phi) is 3.47. The minimum atomic E-state index is 0.330. The number of nitrogens with two attached hydrogens (primary N) is 1. The van der Waals surface area contributed by atoms with Crippen molar-refractivity contribution < 1.29 is 0 Å². The van der Waals surface area contributed by atoms with Crippen molar-refractivity contribution in [3.63, 3.8) is 0 Å². The molecule has 0 aliphatic carbocycles. The summed E-state index contributed by atoms with van der Waals surface area (Å²) in [6, 6.07) is 2.75. The second-order valence-corrected chi connectivity index (χ2v) is 4.94. The second-order valence-electron chi connectivity index (χ2n) is 4.94. The van der Waals surface area contributed by atoms with Gasteiger partial charge in [0.2, 0.25) is 5.95 Å². The van der Waals surface area contributed by atoms with Crippen LogP contribution in [0.4, 0.5) is 11.8 Å². The van der Waals surface area contributed by atoms with Gasteiger partial charge in [-0.2, -0.15) is 4.98 Å². The van der Waals surface area contributed by atoms with Crippen molar-refractivity contribution in [2.24, 2.45) is 5.73 Å². The highest BCUT2D eigenvalue weighted by Crippen LogP contribution is 2.23. The van der Waals surface area contributed by atoms with Gasteiger partial charge in [-0.25, -0.2) is 4.98 Å². The third-order valence-corrected chi connectivity index (χ3v) is 3.24. The molecule has 0 bridgehead atoms. The average molecular weight is 235 g/mol. The van der Waals surface area contributed by atoms with Gasteiger partial charge in [-0.15, -0.1) is 0 Å². The van der Waals surface area contributed by atoms with Crippen LogP contribution in [0.25, 0.3) is 0 Å². The molecule has 0 amide bonds. The van der Waals surface area contributed by atoms with Crippen molar-refractivity contribution in [1.29, 1.82) is 0 Å². The van der Waals surface area contributed by atoms with Gasteiger partial charge < -0.3 is 15.5 Å². The van der Waals surface area contributed by atoms with Gasteiger partial charge in [-0.05, 0) is 25.8 Å². The molecular formula is C12H21N5. The van der Waals surface area contributed by atoms with Crippen LogP contribution in [-0.2, 0) is 0 Å². The zero-order chi connectivity index (χ0) is 12.4. The SMILES string of the molecule is CC1CC(N)CCN1c1ccnc(N(C)C)n1. The van der Waals surface area contributed by atoms with Crippen LogP contribution >= 0.6 is 0 Å². The molecule has 5 heteroatoms. The van der Waals surface area contributed by atoms with Gasteiger partial charge in [-0.3, -0.25) is 0 Å². The maximum absolute atomic E-state index is 5.98. The quantitative estimate of drug-likeness (QED) is 0.824. The molecule has 2 rings (SSSR count). The summed E-state index contributed by atoms with van der Waals surface area (Å²) in [6.45, 7) is 3.18. The molecule has 2 heterocycles. The molecule has 2 atom stereocenters. The monoisotopic (exact) mass is 235 g/mol. The number of nitrogens with zero attached hydrogens (tertiary/aromatic N) is 4. The summed E-state index contributed by atoms with van der Waals surface area (Å²) in [6.07, 6.45) is 3.88. The van der Waals surface area contributed by atoms with Crippen molar-refractivity contribution in [1.82, 2.24) is 9.97 Å². The first-order chi connectivity index (χ1) is 8.08. The van der Waals surface area contributed by atoms with Crippen LogP contribution < -0.4 is 15.5 Å². The lowest BCUT2D eigenvalue weighted by Crippen LogP contribution is -2.46. The maximum Gasteiger partial charge on any atom is 0.226 e. The van der Waals surface area contributed by atoms with Gasteiger partial charge in [0.05, 0.1) is 0 Å². The first kappa shape index (κ1) is 12.1. The summed E-state index contributed by atoms with van der Waals surface area (Å²) in [4.78, 5) is 13.0. The van der Waals surface area contributed by atoms with Crippen LogP contribution in [0.5, 0.6) is 0 Å². The molecule has 0 saturated carbocycles. The molecular weight excluding hydrogens is 214 g/mol. The Morgan fingerprint density at radius 1 is 1.47 bits per heavy atom. The molecule has 0 radical (unpaired) electrons. The predicted molar refractivity (Wildman–Crippen MR) is 70.4 cm³/mol. The highest BCUT2D eigenvalue weighted by Gasteiger charge is 2.24. The predicted octanol–water partition coefficient (Wildman–Crippen LogP) is 0.859. The molecule has 1 aromatic heterocycles. The Hall–Kier alpha value is -1.36. The van der Waals surface area contributed by atoms with Crippen LogP contribution in [0, 0.1) is 0 Å². The van der Waals surface area contributed by atoms with Crippen LogP contribution in [-0.4, -0.2) is 42.7 Å². The number of piperidine rings is 1. The van der Waals surface area contributed by atoms with E-state index in [1.165, 1.54) is 0 Å². The first-order valence-electron chi connectivity index (χ1n) is 6.10. The van der Waals surface area contributed by atoms with Crippen molar-refractivity contribution >= 4 is 11.8 Å². The Bertz CT molecular complexity index is 379. The smallest absolute Gasteiger partial charge is 0.226 e. The van der Waals surface area contributed by atoms with E-state index in [0.29, 0.717) is 12.1 Å². The minimum Gasteiger partial charge on any atom is -0.354 e. The summed E-state index contributed by atoms with van der Waals surface area (Å²) in [5.41, 5.74) is 5.98. The van der Waals surface area contributed by atoms with Gasteiger partial charge in [-0.1, -0.05) is 0 Å². The van der Waals surface area contributed by atoms with Gasteiger partial charge in [0, 0.05) is 38.9 Å². The summed E-state index contributed by atoms with van der Waals surface area (Å²) < 4.78 is 0.